The summed E-state index contributed by atoms with van der Waals surface area (Å²) in [6, 6.07) is 4.99. The Morgan fingerprint density at radius 1 is 1.29 bits per heavy atom. The van der Waals surface area contributed by atoms with E-state index in [1.54, 1.807) is 29.8 Å². The molecule has 0 aliphatic heterocycles. The number of carbonyl (C=O) groups is 2. The fourth-order valence-electron chi connectivity index (χ4n) is 2.45. The molecule has 2 amide bonds. The van der Waals surface area contributed by atoms with Crippen LogP contribution in [0.15, 0.2) is 29.8 Å². The van der Waals surface area contributed by atoms with Gasteiger partial charge in [0.15, 0.2) is 0 Å². The lowest BCUT2D eigenvalue weighted by Gasteiger charge is -2.10. The second-order valence-corrected chi connectivity index (χ2v) is 7.11. The molecule has 0 atom stereocenters. The molecule has 0 fully saturated rings. The third kappa shape index (κ3) is 4.68. The standard InChI is InChI=1S/C18H18ClN5O3S/c1-10(25)20-5-6-21-18-22-8-15-16(24-18)12(9-28-15)17(26)23-13-7-11(19)3-4-14(13)27-2/h3-4,7-9H,5-6H2,1-2H3,(H,20,25)(H,23,26)(H,21,22,24). The van der Waals surface area contributed by atoms with Gasteiger partial charge < -0.3 is 20.7 Å². The number of nitrogens with one attached hydrogen (secondary N) is 3. The van der Waals surface area contributed by atoms with E-state index >= 15 is 0 Å². The molecule has 8 nitrogen and oxygen atoms in total. The van der Waals surface area contributed by atoms with Crippen LogP contribution in [0, 0.1) is 0 Å². The van der Waals surface area contributed by atoms with Crippen LogP contribution in [-0.2, 0) is 4.79 Å². The zero-order valence-electron chi connectivity index (χ0n) is 15.2. The first kappa shape index (κ1) is 19.8. The van der Waals surface area contributed by atoms with E-state index in [4.69, 9.17) is 16.3 Å². The molecule has 1 aromatic carbocycles. The molecule has 28 heavy (non-hydrogen) atoms. The van der Waals surface area contributed by atoms with Crippen LogP contribution in [0.3, 0.4) is 0 Å². The number of nitrogens with zero attached hydrogens (tertiary/aromatic N) is 2. The lowest BCUT2D eigenvalue weighted by atomic mass is 10.2. The highest BCUT2D eigenvalue weighted by Crippen LogP contribution is 2.30. The van der Waals surface area contributed by atoms with Crippen molar-refractivity contribution in [3.05, 3.63) is 40.4 Å². The predicted molar refractivity (Wildman–Crippen MR) is 111 cm³/mol. The van der Waals surface area contributed by atoms with E-state index in [9.17, 15) is 9.59 Å². The number of carbonyl (C=O) groups excluding carboxylic acids is 2. The zero-order chi connectivity index (χ0) is 20.1. The van der Waals surface area contributed by atoms with Crippen molar-refractivity contribution in [1.29, 1.82) is 0 Å². The molecule has 0 spiro atoms. The molecule has 3 aromatic rings. The summed E-state index contributed by atoms with van der Waals surface area (Å²) in [5.74, 6) is 0.457. The van der Waals surface area contributed by atoms with Crippen LogP contribution in [0.5, 0.6) is 5.75 Å². The smallest absolute Gasteiger partial charge is 0.258 e. The van der Waals surface area contributed by atoms with E-state index in [1.165, 1.54) is 25.4 Å². The first-order valence-electron chi connectivity index (χ1n) is 8.35. The van der Waals surface area contributed by atoms with Gasteiger partial charge in [0, 0.05) is 30.4 Å². The molecule has 0 aliphatic rings. The Balaban J connectivity index is 1.79. The molecule has 146 valence electrons. The van der Waals surface area contributed by atoms with Gasteiger partial charge in [-0.2, -0.15) is 0 Å². The summed E-state index contributed by atoms with van der Waals surface area (Å²) in [5, 5.41) is 10.7. The van der Waals surface area contributed by atoms with Gasteiger partial charge in [-0.25, -0.2) is 9.97 Å². The number of anilines is 2. The number of thiophene rings is 1. The first-order chi connectivity index (χ1) is 13.5. The minimum Gasteiger partial charge on any atom is -0.495 e. The molecule has 0 saturated carbocycles. The van der Waals surface area contributed by atoms with E-state index < -0.39 is 0 Å². The lowest BCUT2D eigenvalue weighted by molar-refractivity contribution is -0.118. The van der Waals surface area contributed by atoms with Crippen molar-refractivity contribution in [3.63, 3.8) is 0 Å². The van der Waals surface area contributed by atoms with E-state index in [2.05, 4.69) is 25.9 Å². The van der Waals surface area contributed by atoms with Crippen LogP contribution < -0.4 is 20.7 Å². The van der Waals surface area contributed by atoms with Crippen molar-refractivity contribution in [1.82, 2.24) is 15.3 Å². The number of aromatic nitrogens is 2. The minimum absolute atomic E-state index is 0.105. The van der Waals surface area contributed by atoms with Gasteiger partial charge in [0.25, 0.3) is 5.91 Å². The van der Waals surface area contributed by atoms with Crippen molar-refractivity contribution in [2.24, 2.45) is 0 Å². The van der Waals surface area contributed by atoms with E-state index in [0.717, 1.165) is 4.70 Å². The fraction of sp³-hybridized carbons (Fsp3) is 0.222. The van der Waals surface area contributed by atoms with Crippen LogP contribution in [0.1, 0.15) is 17.3 Å². The maximum Gasteiger partial charge on any atom is 0.258 e. The van der Waals surface area contributed by atoms with Crippen LogP contribution in [-0.4, -0.2) is 42.0 Å². The molecular weight excluding hydrogens is 402 g/mol. The summed E-state index contributed by atoms with van der Waals surface area (Å²) in [6.45, 7) is 2.37. The minimum atomic E-state index is -0.324. The largest absolute Gasteiger partial charge is 0.495 e. The molecule has 0 bridgehead atoms. The van der Waals surface area contributed by atoms with Gasteiger partial charge in [-0.3, -0.25) is 9.59 Å². The number of hydrogen-bond donors (Lipinski definition) is 3. The number of methoxy groups -OCH3 is 1. The zero-order valence-corrected chi connectivity index (χ0v) is 16.8. The first-order valence-corrected chi connectivity index (χ1v) is 9.61. The molecule has 2 aromatic heterocycles. The fourth-order valence-corrected chi connectivity index (χ4v) is 3.47. The second-order valence-electron chi connectivity index (χ2n) is 5.76. The van der Waals surface area contributed by atoms with Gasteiger partial charge in [-0.1, -0.05) is 11.6 Å². The molecule has 10 heteroatoms. The average Bonchev–Trinajstić information content (AvgIpc) is 3.08. The van der Waals surface area contributed by atoms with Crippen LogP contribution in [0.25, 0.3) is 10.2 Å². The van der Waals surface area contributed by atoms with Gasteiger partial charge in [0.2, 0.25) is 11.9 Å². The summed E-state index contributed by atoms with van der Waals surface area (Å²) in [6.07, 6.45) is 1.66. The Bertz CT molecular complexity index is 1020. The molecular formula is C18H18ClN5O3S. The van der Waals surface area contributed by atoms with Gasteiger partial charge >= 0.3 is 0 Å². The van der Waals surface area contributed by atoms with E-state index in [-0.39, 0.29) is 11.8 Å². The Hall–Kier alpha value is -2.91. The highest BCUT2D eigenvalue weighted by atomic mass is 35.5. The average molecular weight is 420 g/mol. The van der Waals surface area contributed by atoms with Crippen LogP contribution >= 0.6 is 22.9 Å². The van der Waals surface area contributed by atoms with Crippen molar-refractivity contribution < 1.29 is 14.3 Å². The summed E-state index contributed by atoms with van der Waals surface area (Å²) < 4.78 is 6.05. The van der Waals surface area contributed by atoms with Crippen LogP contribution in [0.4, 0.5) is 11.6 Å². The Morgan fingerprint density at radius 2 is 2.11 bits per heavy atom. The quantitative estimate of drug-likeness (QED) is 0.508. The highest BCUT2D eigenvalue weighted by Gasteiger charge is 2.17. The topological polar surface area (TPSA) is 105 Å². The number of benzene rings is 1. The molecule has 0 aliphatic carbocycles. The molecule has 0 saturated heterocycles. The predicted octanol–water partition coefficient (Wildman–Crippen LogP) is 3.15. The van der Waals surface area contributed by atoms with Gasteiger partial charge in [0.1, 0.15) is 5.75 Å². The Kier molecular flexibility index (Phi) is 6.27. The molecule has 2 heterocycles. The number of fused-ring (bicyclic) bond motifs is 1. The summed E-state index contributed by atoms with van der Waals surface area (Å²) in [7, 11) is 1.52. The number of ether oxygens (including phenoxy) is 1. The van der Waals surface area contributed by atoms with Gasteiger partial charge in [-0.05, 0) is 18.2 Å². The molecule has 3 N–H and O–H groups in total. The summed E-state index contributed by atoms with van der Waals surface area (Å²) in [5.41, 5.74) is 1.44. The maximum atomic E-state index is 12.8. The molecule has 0 unspecified atom stereocenters. The third-order valence-corrected chi connectivity index (χ3v) is 4.89. The summed E-state index contributed by atoms with van der Waals surface area (Å²) >= 11 is 7.40. The number of rotatable bonds is 7. The van der Waals surface area contributed by atoms with Crippen molar-refractivity contribution in [2.75, 3.05) is 30.8 Å². The van der Waals surface area contributed by atoms with Crippen molar-refractivity contribution in [2.45, 2.75) is 6.92 Å². The Morgan fingerprint density at radius 3 is 2.86 bits per heavy atom. The lowest BCUT2D eigenvalue weighted by Crippen LogP contribution is -2.26. The number of hydrogen-bond acceptors (Lipinski definition) is 7. The Labute approximate surface area is 170 Å². The van der Waals surface area contributed by atoms with E-state index in [1.807, 2.05) is 0 Å². The number of halogens is 1. The second kappa shape index (κ2) is 8.85. The van der Waals surface area contributed by atoms with Gasteiger partial charge in [0.05, 0.1) is 34.8 Å². The van der Waals surface area contributed by atoms with Gasteiger partial charge in [-0.15, -0.1) is 11.3 Å². The monoisotopic (exact) mass is 419 g/mol. The van der Waals surface area contributed by atoms with Crippen molar-refractivity contribution in [3.8, 4) is 5.75 Å². The van der Waals surface area contributed by atoms with Crippen LogP contribution in [0.2, 0.25) is 5.02 Å². The summed E-state index contributed by atoms with van der Waals surface area (Å²) in [4.78, 5) is 32.3. The normalized spacial score (nSPS) is 10.5. The highest BCUT2D eigenvalue weighted by molar-refractivity contribution is 7.17. The molecule has 0 radical (unpaired) electrons. The van der Waals surface area contributed by atoms with Crippen molar-refractivity contribution >= 4 is 56.6 Å². The maximum absolute atomic E-state index is 12.8. The SMILES string of the molecule is COc1ccc(Cl)cc1NC(=O)c1csc2cnc(NCCNC(C)=O)nc12. The third-order valence-electron chi connectivity index (χ3n) is 3.75. The van der Waals surface area contributed by atoms with E-state index in [0.29, 0.717) is 46.6 Å². The number of amides is 2. The molecule has 3 rings (SSSR count).